The summed E-state index contributed by atoms with van der Waals surface area (Å²) in [6.45, 7) is 3.73. The zero-order valence-corrected chi connectivity index (χ0v) is 22.4. The maximum Gasteiger partial charge on any atom is 0.411 e. The molecule has 7 heteroatoms. The summed E-state index contributed by atoms with van der Waals surface area (Å²) in [6.07, 6.45) is 1.42. The summed E-state index contributed by atoms with van der Waals surface area (Å²) in [7, 11) is 4.09. The number of benzene rings is 3. The second-order valence-corrected chi connectivity index (χ2v) is 10.1. The Bertz CT molecular complexity index is 1190. The minimum atomic E-state index is -0.430. The molecule has 7 nitrogen and oxygen atoms in total. The number of para-hydroxylation sites is 1. The van der Waals surface area contributed by atoms with Gasteiger partial charge in [-0.2, -0.15) is 0 Å². The first-order valence-electron chi connectivity index (χ1n) is 13.3. The van der Waals surface area contributed by atoms with Gasteiger partial charge in [-0.1, -0.05) is 72.8 Å². The number of rotatable bonds is 10. The molecule has 0 spiro atoms. The number of hydrogen-bond donors (Lipinski definition) is 2. The van der Waals surface area contributed by atoms with Crippen molar-refractivity contribution in [1.29, 1.82) is 0 Å². The maximum absolute atomic E-state index is 12.6. The highest BCUT2D eigenvalue weighted by molar-refractivity contribution is 5.91. The van der Waals surface area contributed by atoms with Crippen LogP contribution in [0.15, 0.2) is 78.9 Å². The number of nitrogens with zero attached hydrogens (tertiary/aromatic N) is 2. The zero-order valence-electron chi connectivity index (χ0n) is 22.4. The number of likely N-dealkylation sites (tertiary alicyclic amines) is 1. The van der Waals surface area contributed by atoms with Gasteiger partial charge in [-0.15, -0.1) is 0 Å². The predicted octanol–water partition coefficient (Wildman–Crippen LogP) is 5.13. The van der Waals surface area contributed by atoms with Gasteiger partial charge in [0.05, 0.1) is 5.69 Å². The van der Waals surface area contributed by atoms with E-state index >= 15 is 0 Å². The van der Waals surface area contributed by atoms with E-state index < -0.39 is 6.09 Å². The number of anilines is 1. The number of carbonyl (C=O) groups excluding carboxylic acids is 2. The lowest BCUT2D eigenvalue weighted by Crippen LogP contribution is -2.40. The number of amides is 2. The molecule has 3 aromatic rings. The Kier molecular flexibility index (Phi) is 9.90. The van der Waals surface area contributed by atoms with Crippen molar-refractivity contribution in [2.24, 2.45) is 0 Å². The average Bonchev–Trinajstić information content (AvgIpc) is 2.92. The lowest BCUT2D eigenvalue weighted by molar-refractivity contribution is -0.121. The Morgan fingerprint density at radius 1 is 0.921 bits per heavy atom. The maximum atomic E-state index is 12.6. The van der Waals surface area contributed by atoms with Crippen molar-refractivity contribution < 1.29 is 14.3 Å². The molecule has 1 aliphatic rings. The molecule has 3 aromatic carbocycles. The van der Waals surface area contributed by atoms with Gasteiger partial charge in [-0.05, 0) is 49.7 Å². The molecule has 4 rings (SSSR count). The van der Waals surface area contributed by atoms with Gasteiger partial charge in [0.2, 0.25) is 5.91 Å². The predicted molar refractivity (Wildman–Crippen MR) is 152 cm³/mol. The topological polar surface area (TPSA) is 73.9 Å². The largest absolute Gasteiger partial charge is 0.446 e. The Morgan fingerprint density at radius 2 is 1.63 bits per heavy atom. The van der Waals surface area contributed by atoms with E-state index in [1.807, 2.05) is 80.8 Å². The third kappa shape index (κ3) is 8.43. The van der Waals surface area contributed by atoms with Crippen LogP contribution < -0.4 is 10.6 Å². The SMILES string of the molecule is CN(C)Cc1cccc(CNC(=O)CCN2CCC(OC(=O)Nc3ccccc3-c3ccccc3)CC2)c1. The minimum Gasteiger partial charge on any atom is -0.446 e. The van der Waals surface area contributed by atoms with Crippen LogP contribution in [0.3, 0.4) is 0 Å². The minimum absolute atomic E-state index is 0.0536. The molecule has 1 aliphatic heterocycles. The first-order valence-corrected chi connectivity index (χ1v) is 13.3. The molecule has 0 aliphatic carbocycles. The van der Waals surface area contributed by atoms with Crippen LogP contribution in [0.5, 0.6) is 0 Å². The van der Waals surface area contributed by atoms with E-state index in [9.17, 15) is 9.59 Å². The lowest BCUT2D eigenvalue weighted by atomic mass is 10.0. The van der Waals surface area contributed by atoms with E-state index in [0.29, 0.717) is 19.5 Å². The smallest absolute Gasteiger partial charge is 0.411 e. The molecule has 0 radical (unpaired) electrons. The van der Waals surface area contributed by atoms with Crippen LogP contribution in [0.25, 0.3) is 11.1 Å². The second-order valence-electron chi connectivity index (χ2n) is 10.1. The van der Waals surface area contributed by atoms with E-state index in [2.05, 4.69) is 32.6 Å². The summed E-state index contributed by atoms with van der Waals surface area (Å²) in [5.74, 6) is 0.0536. The van der Waals surface area contributed by atoms with Crippen LogP contribution >= 0.6 is 0 Å². The van der Waals surface area contributed by atoms with Crippen molar-refractivity contribution in [3.8, 4) is 11.1 Å². The van der Waals surface area contributed by atoms with Crippen molar-refractivity contribution in [3.63, 3.8) is 0 Å². The highest BCUT2D eigenvalue weighted by Crippen LogP contribution is 2.28. The molecular formula is C31H38N4O3. The van der Waals surface area contributed by atoms with Gasteiger partial charge in [0.15, 0.2) is 0 Å². The van der Waals surface area contributed by atoms with Gasteiger partial charge in [0.1, 0.15) is 6.10 Å². The summed E-state index contributed by atoms with van der Waals surface area (Å²) < 4.78 is 5.72. The molecular weight excluding hydrogens is 476 g/mol. The molecule has 0 atom stereocenters. The number of piperidine rings is 1. The molecule has 0 saturated carbocycles. The summed E-state index contributed by atoms with van der Waals surface area (Å²) in [4.78, 5) is 29.4. The second kappa shape index (κ2) is 13.7. The average molecular weight is 515 g/mol. The number of hydrogen-bond acceptors (Lipinski definition) is 5. The summed E-state index contributed by atoms with van der Waals surface area (Å²) in [5.41, 5.74) is 5.08. The fourth-order valence-corrected chi connectivity index (χ4v) is 4.75. The normalized spacial score (nSPS) is 14.3. The van der Waals surface area contributed by atoms with E-state index in [0.717, 1.165) is 54.9 Å². The highest BCUT2D eigenvalue weighted by atomic mass is 16.6. The van der Waals surface area contributed by atoms with Crippen LogP contribution in [0, 0.1) is 0 Å². The van der Waals surface area contributed by atoms with Gasteiger partial charge < -0.3 is 19.9 Å². The van der Waals surface area contributed by atoms with Crippen molar-refractivity contribution in [3.05, 3.63) is 90.0 Å². The number of nitrogens with one attached hydrogen (secondary N) is 2. The first kappa shape index (κ1) is 27.4. The molecule has 1 fully saturated rings. The van der Waals surface area contributed by atoms with Crippen molar-refractivity contribution in [2.45, 2.75) is 38.5 Å². The van der Waals surface area contributed by atoms with Crippen molar-refractivity contribution >= 4 is 17.7 Å². The molecule has 38 heavy (non-hydrogen) atoms. The van der Waals surface area contributed by atoms with Crippen LogP contribution in [-0.2, 0) is 22.6 Å². The molecule has 0 unspecified atom stereocenters. The molecule has 200 valence electrons. The van der Waals surface area contributed by atoms with E-state index in [1.165, 1.54) is 5.56 Å². The van der Waals surface area contributed by atoms with Gasteiger partial charge in [-0.3, -0.25) is 10.1 Å². The fraction of sp³-hybridized carbons (Fsp3) is 0.355. The van der Waals surface area contributed by atoms with E-state index in [4.69, 9.17) is 4.74 Å². The van der Waals surface area contributed by atoms with Gasteiger partial charge >= 0.3 is 6.09 Å². The Labute approximate surface area is 225 Å². The Balaban J connectivity index is 1.16. The first-order chi connectivity index (χ1) is 18.5. The number of ether oxygens (including phenoxy) is 1. The third-order valence-electron chi connectivity index (χ3n) is 6.69. The van der Waals surface area contributed by atoms with Gasteiger partial charge in [0.25, 0.3) is 0 Å². The van der Waals surface area contributed by atoms with Gasteiger partial charge in [0, 0.05) is 44.7 Å². The summed E-state index contributed by atoms with van der Waals surface area (Å²) in [6, 6.07) is 26.0. The summed E-state index contributed by atoms with van der Waals surface area (Å²) in [5, 5.41) is 5.95. The Morgan fingerprint density at radius 3 is 2.39 bits per heavy atom. The molecule has 0 aromatic heterocycles. The van der Waals surface area contributed by atoms with Crippen molar-refractivity contribution in [2.75, 3.05) is 39.0 Å². The summed E-state index contributed by atoms with van der Waals surface area (Å²) >= 11 is 0. The van der Waals surface area contributed by atoms with Crippen LogP contribution in [0.1, 0.15) is 30.4 Å². The van der Waals surface area contributed by atoms with E-state index in [1.54, 1.807) is 0 Å². The standard InChI is InChI=1S/C31H38N4O3/c1-34(2)23-25-10-8-9-24(21-25)22-32-30(36)17-20-35-18-15-27(16-19-35)38-31(37)33-29-14-7-6-13-28(29)26-11-4-3-5-12-26/h3-14,21,27H,15-20,22-23H2,1-2H3,(H,32,36)(H,33,37). The van der Waals surface area contributed by atoms with Crippen molar-refractivity contribution in [1.82, 2.24) is 15.1 Å². The zero-order chi connectivity index (χ0) is 26.7. The molecule has 0 bridgehead atoms. The Hall–Kier alpha value is -3.68. The monoisotopic (exact) mass is 514 g/mol. The van der Waals surface area contributed by atoms with Gasteiger partial charge in [-0.25, -0.2) is 4.79 Å². The van der Waals surface area contributed by atoms with Crippen LogP contribution in [0.2, 0.25) is 0 Å². The molecule has 2 N–H and O–H groups in total. The highest BCUT2D eigenvalue weighted by Gasteiger charge is 2.23. The molecule has 1 heterocycles. The quantitative estimate of drug-likeness (QED) is 0.392. The number of carbonyl (C=O) groups is 2. The molecule has 1 saturated heterocycles. The lowest BCUT2D eigenvalue weighted by Gasteiger charge is -2.31. The molecule has 2 amide bonds. The fourth-order valence-electron chi connectivity index (χ4n) is 4.75. The van der Waals surface area contributed by atoms with E-state index in [-0.39, 0.29) is 12.0 Å². The van der Waals surface area contributed by atoms with Crippen LogP contribution in [-0.4, -0.2) is 61.6 Å². The third-order valence-corrected chi connectivity index (χ3v) is 6.69. The van der Waals surface area contributed by atoms with Crippen LogP contribution in [0.4, 0.5) is 10.5 Å².